The smallest absolute Gasteiger partial charge is 0.416 e. The molecule has 4 heterocycles. The van der Waals surface area contributed by atoms with Crippen molar-refractivity contribution in [2.24, 2.45) is 0 Å². The van der Waals surface area contributed by atoms with E-state index in [2.05, 4.69) is 38.3 Å². The molecular formula is C51H58F3N7O8S4. The summed E-state index contributed by atoms with van der Waals surface area (Å²) in [6.45, 7) is 1.87. The fourth-order valence-corrected chi connectivity index (χ4v) is 14.0. The van der Waals surface area contributed by atoms with Gasteiger partial charge in [0.1, 0.15) is 19.9 Å². The van der Waals surface area contributed by atoms with Gasteiger partial charge in [0.15, 0.2) is 0 Å². The Morgan fingerprint density at radius 3 is 1.45 bits per heavy atom. The Bertz CT molecular complexity index is 3060. The summed E-state index contributed by atoms with van der Waals surface area (Å²) in [6.07, 6.45) is -2.03. The molecule has 4 aromatic carbocycles. The van der Waals surface area contributed by atoms with E-state index in [1.165, 1.54) is 34.9 Å². The number of nitrogens with one attached hydrogen (secondary N) is 4. The molecular weight excluding hydrogens is 1020 g/mol. The summed E-state index contributed by atoms with van der Waals surface area (Å²) >= 11 is 2.29. The Balaban J connectivity index is 0.000000214. The number of nitrogens with zero attached hydrogens (tertiary/aromatic N) is 3. The molecule has 0 saturated carbocycles. The number of piperidine rings is 2. The lowest BCUT2D eigenvalue weighted by molar-refractivity contribution is -0.137. The van der Waals surface area contributed by atoms with Crippen molar-refractivity contribution in [1.82, 2.24) is 19.2 Å². The molecule has 0 aliphatic carbocycles. The molecule has 0 radical (unpaired) electrons. The molecule has 4 N–H and O–H groups in total. The van der Waals surface area contributed by atoms with Gasteiger partial charge in [-0.05, 0) is 123 Å². The number of hydrogen-bond acceptors (Lipinski definition) is 13. The molecule has 2 aliphatic rings. The molecule has 0 bridgehead atoms. The van der Waals surface area contributed by atoms with Crippen LogP contribution >= 0.6 is 22.7 Å². The first-order valence-corrected chi connectivity index (χ1v) is 27.8. The number of anilines is 3. The van der Waals surface area contributed by atoms with Gasteiger partial charge in [0.2, 0.25) is 0 Å². The molecule has 2 fully saturated rings. The zero-order valence-electron chi connectivity index (χ0n) is 40.6. The quantitative estimate of drug-likeness (QED) is 0.0685. The van der Waals surface area contributed by atoms with Gasteiger partial charge in [-0.2, -0.15) is 21.8 Å². The van der Waals surface area contributed by atoms with Gasteiger partial charge >= 0.3 is 6.18 Å². The monoisotopic (exact) mass is 1080 g/mol. The van der Waals surface area contributed by atoms with Crippen molar-refractivity contribution in [2.45, 2.75) is 65.5 Å². The largest absolute Gasteiger partial charge is 0.497 e. The Labute approximate surface area is 432 Å². The molecule has 22 heteroatoms. The minimum absolute atomic E-state index is 0.138. The zero-order chi connectivity index (χ0) is 52.3. The number of carbonyl (C=O) groups is 2. The highest BCUT2D eigenvalue weighted by Crippen LogP contribution is 2.33. The normalized spacial score (nSPS) is 15.1. The highest BCUT2D eigenvalue weighted by atomic mass is 32.3. The first-order valence-electron chi connectivity index (χ1n) is 23.3. The van der Waals surface area contributed by atoms with E-state index in [-0.39, 0.29) is 54.3 Å². The van der Waals surface area contributed by atoms with Gasteiger partial charge in [-0.25, -0.2) is 16.8 Å². The summed E-state index contributed by atoms with van der Waals surface area (Å²) in [7, 11) is -0.207. The first-order chi connectivity index (χ1) is 34.8. The van der Waals surface area contributed by atoms with Crippen LogP contribution < -0.4 is 35.6 Å². The van der Waals surface area contributed by atoms with E-state index in [1.807, 2.05) is 26.2 Å². The van der Waals surface area contributed by atoms with Crippen LogP contribution in [0.5, 0.6) is 11.5 Å². The second-order valence-electron chi connectivity index (χ2n) is 17.4. The lowest BCUT2D eigenvalue weighted by Crippen LogP contribution is -2.42. The molecule has 15 nitrogen and oxygen atoms in total. The third-order valence-electron chi connectivity index (χ3n) is 12.2. The van der Waals surface area contributed by atoms with Crippen LogP contribution in [0.3, 0.4) is 0 Å². The summed E-state index contributed by atoms with van der Waals surface area (Å²) in [6, 6.07) is 33.5. The van der Waals surface area contributed by atoms with Crippen LogP contribution in [0.15, 0.2) is 130 Å². The maximum absolute atomic E-state index is 13.2. The fourth-order valence-electron chi connectivity index (χ4n) is 8.12. The maximum Gasteiger partial charge on any atom is 0.416 e. The minimum Gasteiger partial charge on any atom is -0.497 e. The number of halogens is 3. The van der Waals surface area contributed by atoms with E-state index in [0.717, 1.165) is 52.6 Å². The Morgan fingerprint density at radius 2 is 1.03 bits per heavy atom. The first kappa shape index (κ1) is 54.6. The van der Waals surface area contributed by atoms with Crippen LogP contribution in [0.2, 0.25) is 0 Å². The predicted octanol–water partition coefficient (Wildman–Crippen LogP) is 8.99. The summed E-state index contributed by atoms with van der Waals surface area (Å²) in [5.41, 5.74) is 2.71. The van der Waals surface area contributed by atoms with Crippen molar-refractivity contribution in [3.8, 4) is 11.5 Å². The Morgan fingerprint density at radius 1 is 0.603 bits per heavy atom. The third-order valence-corrected chi connectivity index (χ3v) is 19.1. The number of thiophene rings is 2. The second-order valence-corrected chi connectivity index (χ2v) is 24.1. The summed E-state index contributed by atoms with van der Waals surface area (Å²) in [5, 5.41) is 12.3. The molecule has 0 atom stereocenters. The van der Waals surface area contributed by atoms with Crippen molar-refractivity contribution in [3.05, 3.63) is 148 Å². The van der Waals surface area contributed by atoms with E-state index < -0.39 is 31.8 Å². The fraction of sp³-hybridized carbons (Fsp3) is 0.333. The van der Waals surface area contributed by atoms with Crippen LogP contribution in [0.1, 0.15) is 61.7 Å². The molecule has 2 aliphatic heterocycles. The summed E-state index contributed by atoms with van der Waals surface area (Å²) in [4.78, 5) is 28.4. The van der Waals surface area contributed by atoms with Crippen molar-refractivity contribution < 1.29 is 49.1 Å². The molecule has 8 rings (SSSR count). The van der Waals surface area contributed by atoms with Crippen molar-refractivity contribution >= 4 is 71.6 Å². The van der Waals surface area contributed by atoms with Gasteiger partial charge in [-0.1, -0.05) is 24.3 Å². The Kier molecular flexibility index (Phi) is 18.1. The molecule has 390 valence electrons. The molecule has 0 spiro atoms. The van der Waals surface area contributed by atoms with Crippen LogP contribution in [-0.2, 0) is 39.3 Å². The van der Waals surface area contributed by atoms with Crippen molar-refractivity contribution in [3.63, 3.8) is 0 Å². The van der Waals surface area contributed by atoms with E-state index in [0.29, 0.717) is 63.3 Å². The molecule has 2 saturated heterocycles. The number of sulfonamides is 2. The number of amides is 2. The number of carbonyl (C=O) groups excluding carboxylic acids is 2. The van der Waals surface area contributed by atoms with E-state index in [9.17, 15) is 39.6 Å². The van der Waals surface area contributed by atoms with Crippen molar-refractivity contribution in [2.75, 3.05) is 70.0 Å². The number of benzene rings is 4. The van der Waals surface area contributed by atoms with E-state index in [4.69, 9.17) is 9.47 Å². The number of ether oxygens (including phenoxy) is 2. The number of methoxy groups -OCH3 is 2. The molecule has 73 heavy (non-hydrogen) atoms. The van der Waals surface area contributed by atoms with Crippen LogP contribution in [0.4, 0.5) is 30.2 Å². The van der Waals surface area contributed by atoms with Gasteiger partial charge in [0, 0.05) is 90.3 Å². The minimum atomic E-state index is -4.42. The number of hydrogen-bond donors (Lipinski definition) is 4. The lowest BCUT2D eigenvalue weighted by atomic mass is 10.1. The molecule has 2 aromatic heterocycles. The highest BCUT2D eigenvalue weighted by Gasteiger charge is 2.33. The Hall–Kier alpha value is -6.17. The lowest BCUT2D eigenvalue weighted by Gasteiger charge is -2.32. The van der Waals surface area contributed by atoms with Crippen LogP contribution in [-0.4, -0.2) is 104 Å². The third kappa shape index (κ3) is 14.5. The average molecular weight is 1080 g/mol. The topological polar surface area (TPSA) is 179 Å². The van der Waals surface area contributed by atoms with E-state index in [1.54, 1.807) is 84.2 Å². The van der Waals surface area contributed by atoms with E-state index >= 15 is 0 Å². The maximum atomic E-state index is 13.2. The number of rotatable bonds is 17. The van der Waals surface area contributed by atoms with Gasteiger partial charge in [-0.3, -0.25) is 9.59 Å². The van der Waals surface area contributed by atoms with Crippen LogP contribution in [0.25, 0.3) is 0 Å². The SMILES string of the molecule is COc1cccc(C(=O)NCc2ccc(S(=O)(=O)N3CCC(Nc4cccc(C(F)(F)F)c4)CC3)s2)c1.COc1cccc(C(=O)NCc2ccc(S(=O)(=O)N3CCC(Nc4cccc(N(C)C)c4)CC3)s2)c1. The summed E-state index contributed by atoms with van der Waals surface area (Å²) < 4.78 is 105. The van der Waals surface area contributed by atoms with Gasteiger partial charge in [-0.15, -0.1) is 22.7 Å². The van der Waals surface area contributed by atoms with Crippen LogP contribution in [0, 0.1) is 0 Å². The standard InChI is InChI=1S/C26H32N4O4S2.C25H26F3N3O4S2/c1-29(2)22-8-5-7-21(17-22)28-20-12-14-30(15-13-20)36(32,33)25-11-10-24(35-25)18-27-26(31)19-6-4-9-23(16-19)34-3;1-35-21-7-2-4-17(14-21)24(32)29-16-22-8-9-23(36-22)37(33,34)31-12-10-19(11-13-31)30-20-6-3-5-18(15-20)25(26,27)28/h4-11,16-17,20,28H,12-15,18H2,1-3H3,(H,27,31);2-9,14-15,19,30H,10-13,16H2,1H3,(H,29,32). The van der Waals surface area contributed by atoms with Crippen molar-refractivity contribution in [1.29, 1.82) is 0 Å². The molecule has 2 amide bonds. The molecule has 0 unspecified atom stereocenters. The second kappa shape index (κ2) is 24.2. The predicted molar refractivity (Wildman–Crippen MR) is 280 cm³/mol. The van der Waals surface area contributed by atoms with Gasteiger partial charge in [0.05, 0.1) is 32.9 Å². The van der Waals surface area contributed by atoms with Gasteiger partial charge < -0.3 is 35.6 Å². The average Bonchev–Trinajstić information content (AvgIpc) is 4.10. The zero-order valence-corrected chi connectivity index (χ0v) is 43.9. The van der Waals surface area contributed by atoms with Gasteiger partial charge in [0.25, 0.3) is 31.9 Å². The number of alkyl halides is 3. The highest BCUT2D eigenvalue weighted by molar-refractivity contribution is 7.91. The summed E-state index contributed by atoms with van der Waals surface area (Å²) in [5.74, 6) is 0.628. The molecule has 6 aromatic rings.